The quantitative estimate of drug-likeness (QED) is 0.576. The second-order valence-electron chi connectivity index (χ2n) is 6.23. The third kappa shape index (κ3) is 3.35. The first kappa shape index (κ1) is 17.1. The predicted octanol–water partition coefficient (Wildman–Crippen LogP) is 6.19. The number of hydrogen-bond acceptors (Lipinski definition) is 2. The molecule has 0 amide bonds. The number of alkyl halides is 1. The van der Waals surface area contributed by atoms with Gasteiger partial charge >= 0.3 is 0 Å². The number of hydrogen-bond donors (Lipinski definition) is 2. The zero-order valence-electron chi connectivity index (χ0n) is 13.4. The Balaban J connectivity index is 1.60. The molecule has 2 nitrogen and oxygen atoms in total. The molecule has 0 spiro atoms. The number of allylic oxidation sites excluding steroid dienone is 6. The monoisotopic (exact) mass is 422 g/mol. The summed E-state index contributed by atoms with van der Waals surface area (Å²) in [5.41, 5.74) is 3.52. The van der Waals surface area contributed by atoms with Crippen LogP contribution in [0.25, 0.3) is 10.9 Å². The highest BCUT2D eigenvalue weighted by atomic mass is 79.9. The Morgan fingerprint density at radius 3 is 3.04 bits per heavy atom. The summed E-state index contributed by atoms with van der Waals surface area (Å²) in [6.07, 6.45) is 7.29. The van der Waals surface area contributed by atoms with E-state index in [9.17, 15) is 8.78 Å². The first-order chi connectivity index (χ1) is 12.1. The van der Waals surface area contributed by atoms with Crippen molar-refractivity contribution in [3.8, 4) is 0 Å². The summed E-state index contributed by atoms with van der Waals surface area (Å²) in [6.45, 7) is 0. The van der Waals surface area contributed by atoms with Crippen molar-refractivity contribution in [1.29, 1.82) is 0 Å². The van der Waals surface area contributed by atoms with Gasteiger partial charge in [0, 0.05) is 21.1 Å². The number of nitrogens with one attached hydrogen (secondary N) is 2. The van der Waals surface area contributed by atoms with Gasteiger partial charge in [-0.1, -0.05) is 28.1 Å². The molecule has 0 aliphatic heterocycles. The number of aryl methyl sites for hydroxylation is 1. The van der Waals surface area contributed by atoms with Gasteiger partial charge in [0.1, 0.15) is 5.83 Å². The summed E-state index contributed by atoms with van der Waals surface area (Å²) in [7, 11) is 0. The minimum absolute atomic E-state index is 0.0450. The number of benzene rings is 1. The van der Waals surface area contributed by atoms with Gasteiger partial charge in [-0.15, -0.1) is 0 Å². The Morgan fingerprint density at radius 2 is 2.16 bits per heavy atom. The number of halogens is 3. The summed E-state index contributed by atoms with van der Waals surface area (Å²) in [5.74, 6) is -0.522. The number of fused-ring (bicyclic) bond motifs is 3. The lowest BCUT2D eigenvalue weighted by atomic mass is 9.92. The number of aromatic amines is 1. The lowest BCUT2D eigenvalue weighted by Crippen LogP contribution is -2.21. The molecule has 2 unspecified atom stereocenters. The third-order valence-corrected chi connectivity index (χ3v) is 6.14. The Morgan fingerprint density at radius 1 is 1.28 bits per heavy atom. The van der Waals surface area contributed by atoms with Crippen molar-refractivity contribution < 1.29 is 8.78 Å². The maximum absolute atomic E-state index is 14.1. The number of rotatable bonds is 3. The summed E-state index contributed by atoms with van der Waals surface area (Å²) in [6, 6.07) is 6.24. The van der Waals surface area contributed by atoms with E-state index >= 15 is 0 Å². The average Bonchev–Trinajstić information content (AvgIpc) is 2.89. The van der Waals surface area contributed by atoms with E-state index in [0.717, 1.165) is 46.9 Å². The molecule has 2 aliphatic rings. The van der Waals surface area contributed by atoms with Crippen molar-refractivity contribution >= 4 is 38.8 Å². The molecule has 4 rings (SSSR count). The van der Waals surface area contributed by atoms with Gasteiger partial charge in [-0.3, -0.25) is 4.72 Å². The fraction of sp³-hybridized carbons (Fsp3) is 0.263. The fourth-order valence-corrected chi connectivity index (χ4v) is 4.62. The van der Waals surface area contributed by atoms with Crippen LogP contribution in [0, 0.1) is 0 Å². The largest absolute Gasteiger partial charge is 0.357 e. The van der Waals surface area contributed by atoms with Crippen molar-refractivity contribution in [2.45, 2.75) is 31.5 Å². The van der Waals surface area contributed by atoms with Crippen molar-refractivity contribution in [3.05, 3.63) is 69.0 Å². The van der Waals surface area contributed by atoms with Gasteiger partial charge in [0.25, 0.3) is 0 Å². The summed E-state index contributed by atoms with van der Waals surface area (Å²) >= 11 is 4.59. The molecule has 0 bridgehead atoms. The van der Waals surface area contributed by atoms with Gasteiger partial charge in [-0.25, -0.2) is 8.78 Å². The summed E-state index contributed by atoms with van der Waals surface area (Å²) in [5, 5.41) is 1.22. The van der Waals surface area contributed by atoms with Crippen LogP contribution in [0.3, 0.4) is 0 Å². The summed E-state index contributed by atoms with van der Waals surface area (Å²) in [4.78, 5) is 3.57. The standard InChI is InChI=1S/C19H17BrF2N2S/c20-11-8-9-16-13(10-11)12-4-3-7-17(18(12)23-16)24-25-19-14(21)5-1-2-6-15(19)22/h1-2,5-6,8-10,14,17,23-24H,3-4,7H2. The molecule has 2 N–H and O–H groups in total. The molecule has 0 saturated heterocycles. The summed E-state index contributed by atoms with van der Waals surface area (Å²) < 4.78 is 32.5. The maximum Gasteiger partial charge on any atom is 0.154 e. The Bertz CT molecular complexity index is 900. The Labute approximate surface area is 157 Å². The van der Waals surface area contributed by atoms with Crippen LogP contribution in [-0.4, -0.2) is 11.2 Å². The molecule has 6 heteroatoms. The highest BCUT2D eigenvalue weighted by Crippen LogP contribution is 2.38. The smallest absolute Gasteiger partial charge is 0.154 e. The van der Waals surface area contributed by atoms with E-state index in [-0.39, 0.29) is 10.9 Å². The molecule has 0 radical (unpaired) electrons. The second kappa shape index (κ2) is 7.09. The van der Waals surface area contributed by atoms with Crippen LogP contribution in [-0.2, 0) is 6.42 Å². The lowest BCUT2D eigenvalue weighted by Gasteiger charge is -2.24. The van der Waals surface area contributed by atoms with E-state index in [1.807, 2.05) is 6.07 Å². The Kier molecular flexibility index (Phi) is 4.84. The van der Waals surface area contributed by atoms with Gasteiger partial charge in [-0.2, -0.15) is 0 Å². The van der Waals surface area contributed by atoms with Crippen molar-refractivity contribution in [2.75, 3.05) is 0 Å². The SMILES string of the molecule is FC1=C(SNC2CCCc3c2[nH]c2ccc(Br)cc32)C(F)C=CC=C1. The molecule has 2 atom stereocenters. The lowest BCUT2D eigenvalue weighted by molar-refractivity contribution is 0.454. The van der Waals surface area contributed by atoms with E-state index in [1.54, 1.807) is 0 Å². The molecule has 130 valence electrons. The molecule has 0 saturated carbocycles. The fourth-order valence-electron chi connectivity index (χ4n) is 3.40. The van der Waals surface area contributed by atoms with Crippen molar-refractivity contribution in [1.82, 2.24) is 9.71 Å². The number of aromatic nitrogens is 1. The molecule has 25 heavy (non-hydrogen) atoms. The van der Waals surface area contributed by atoms with Crippen molar-refractivity contribution in [2.24, 2.45) is 0 Å². The van der Waals surface area contributed by atoms with Crippen LogP contribution in [0.1, 0.15) is 30.1 Å². The Hall–Kier alpha value is -1.37. The molecular formula is C19H17BrF2N2S. The van der Waals surface area contributed by atoms with Gasteiger partial charge < -0.3 is 4.98 Å². The van der Waals surface area contributed by atoms with E-state index < -0.39 is 12.0 Å². The highest BCUT2D eigenvalue weighted by molar-refractivity contribution is 9.10. The van der Waals surface area contributed by atoms with E-state index in [0.29, 0.717) is 0 Å². The molecule has 0 fully saturated rings. The topological polar surface area (TPSA) is 27.8 Å². The van der Waals surface area contributed by atoms with Gasteiger partial charge in [-0.05, 0) is 67.1 Å². The van der Waals surface area contributed by atoms with Gasteiger partial charge in [0.15, 0.2) is 6.17 Å². The van der Waals surface area contributed by atoms with Gasteiger partial charge in [0.05, 0.1) is 10.9 Å². The number of H-pyrrole nitrogens is 1. The minimum Gasteiger partial charge on any atom is -0.357 e. The average molecular weight is 423 g/mol. The molecule has 2 aromatic rings. The zero-order chi connectivity index (χ0) is 17.4. The van der Waals surface area contributed by atoms with Crippen molar-refractivity contribution in [3.63, 3.8) is 0 Å². The molecule has 1 aromatic carbocycles. The molecule has 2 aliphatic carbocycles. The molecular weight excluding hydrogens is 406 g/mol. The van der Waals surface area contributed by atoms with E-state index in [2.05, 4.69) is 37.8 Å². The third-order valence-electron chi connectivity index (χ3n) is 4.60. The zero-order valence-corrected chi connectivity index (χ0v) is 15.8. The van der Waals surface area contributed by atoms with Crippen LogP contribution >= 0.6 is 27.9 Å². The van der Waals surface area contributed by atoms with Crippen LogP contribution in [0.2, 0.25) is 0 Å². The minimum atomic E-state index is -1.42. The first-order valence-corrected chi connectivity index (χ1v) is 9.85. The molecule has 1 aromatic heterocycles. The maximum atomic E-state index is 14.1. The van der Waals surface area contributed by atoms with E-state index in [4.69, 9.17) is 0 Å². The predicted molar refractivity (Wildman–Crippen MR) is 104 cm³/mol. The van der Waals surface area contributed by atoms with Crippen LogP contribution < -0.4 is 4.72 Å². The van der Waals surface area contributed by atoms with Crippen LogP contribution in [0.4, 0.5) is 8.78 Å². The first-order valence-electron chi connectivity index (χ1n) is 8.24. The second-order valence-corrected chi connectivity index (χ2v) is 8.03. The van der Waals surface area contributed by atoms with Crippen LogP contribution in [0.15, 0.2) is 57.7 Å². The van der Waals surface area contributed by atoms with Gasteiger partial charge in [0.2, 0.25) is 0 Å². The normalized spacial score (nSPS) is 23.2. The van der Waals surface area contributed by atoms with Crippen LogP contribution in [0.5, 0.6) is 0 Å². The van der Waals surface area contributed by atoms with E-state index in [1.165, 1.54) is 35.3 Å². The highest BCUT2D eigenvalue weighted by Gasteiger charge is 2.26. The molecule has 1 heterocycles.